The quantitative estimate of drug-likeness (QED) is 0.248. The van der Waals surface area contributed by atoms with Gasteiger partial charge in [0.25, 0.3) is 0 Å². The van der Waals surface area contributed by atoms with E-state index < -0.39 is 56.2 Å². The molecule has 0 N–H and O–H groups in total. The zero-order valence-corrected chi connectivity index (χ0v) is 31.8. The third-order valence-corrected chi connectivity index (χ3v) is 20.3. The van der Waals surface area contributed by atoms with Gasteiger partial charge in [-0.15, -0.1) is 69.6 Å². The molecule has 0 aliphatic heterocycles. The van der Waals surface area contributed by atoms with Crippen molar-refractivity contribution >= 4 is 162 Å². The van der Waals surface area contributed by atoms with Gasteiger partial charge in [0.05, 0.1) is 30.9 Å². The van der Waals surface area contributed by atoms with Crippen molar-refractivity contribution in [2.75, 3.05) is 0 Å². The van der Waals surface area contributed by atoms with E-state index in [1.807, 2.05) is 13.8 Å². The van der Waals surface area contributed by atoms with Gasteiger partial charge in [-0.2, -0.15) is 0 Å². The highest BCUT2D eigenvalue weighted by Gasteiger charge is 2.83. The fourth-order valence-corrected chi connectivity index (χ4v) is 14.9. The molecule has 40 heavy (non-hydrogen) atoms. The second kappa shape index (κ2) is 10.0. The maximum absolute atomic E-state index is 7.16. The lowest BCUT2D eigenvalue weighted by atomic mass is 9.61. The molecule has 2 fully saturated rings. The van der Waals surface area contributed by atoms with Crippen molar-refractivity contribution < 1.29 is 0 Å². The molecule has 0 aromatic rings. The highest BCUT2D eigenvalue weighted by Crippen LogP contribution is 2.78. The standard InChI is InChI=1S/C26H22Cl14/c1-8-6-20(4,7-13-15(28)24(36)19(32)17(30)22(13,34)26(24,39)40)10(3)11(9(8)2)5-12-14(27)23(35)18(31)16(29)21(12,33)25(23,37)38/h6,10,12-15H,5,7H2,1-4H3. The van der Waals surface area contributed by atoms with E-state index in [1.165, 1.54) is 0 Å². The summed E-state index contributed by atoms with van der Waals surface area (Å²) in [6, 6.07) is 0. The highest BCUT2D eigenvalue weighted by atomic mass is 35.5. The Bertz CT molecular complexity index is 1330. The fraction of sp³-hybridized carbons (Fsp3) is 0.692. The van der Waals surface area contributed by atoms with Crippen molar-refractivity contribution in [2.24, 2.45) is 23.2 Å². The first-order valence-electron chi connectivity index (χ1n) is 12.3. The van der Waals surface area contributed by atoms with Crippen molar-refractivity contribution in [2.45, 2.75) is 79.5 Å². The molecule has 5 rings (SSSR count). The van der Waals surface area contributed by atoms with Gasteiger partial charge in [-0.05, 0) is 43.6 Å². The summed E-state index contributed by atoms with van der Waals surface area (Å²) in [5.41, 5.74) is 2.71. The average Bonchev–Trinajstić information content (AvgIpc) is 3.17. The molecule has 14 heteroatoms. The summed E-state index contributed by atoms with van der Waals surface area (Å²) in [6.07, 6.45) is 3.05. The molecule has 0 saturated heterocycles. The average molecular weight is 831 g/mol. The monoisotopic (exact) mass is 824 g/mol. The van der Waals surface area contributed by atoms with Gasteiger partial charge >= 0.3 is 0 Å². The number of hydrogen-bond acceptors (Lipinski definition) is 0. The van der Waals surface area contributed by atoms with Gasteiger partial charge in [0, 0.05) is 11.8 Å². The maximum atomic E-state index is 7.16. The van der Waals surface area contributed by atoms with Crippen LogP contribution >= 0.6 is 162 Å². The zero-order valence-electron chi connectivity index (χ0n) is 21.2. The molecular weight excluding hydrogens is 809 g/mol. The minimum atomic E-state index is -1.74. The molecule has 0 radical (unpaired) electrons. The number of rotatable bonds is 4. The molecule has 0 nitrogen and oxygen atoms in total. The Morgan fingerprint density at radius 3 is 1.45 bits per heavy atom. The van der Waals surface area contributed by atoms with Crippen LogP contribution < -0.4 is 0 Å². The normalized spacial score (nSPS) is 51.0. The van der Waals surface area contributed by atoms with Crippen LogP contribution in [0, 0.1) is 23.2 Å². The predicted octanol–water partition coefficient (Wildman–Crippen LogP) is 12.8. The number of alkyl halides is 10. The largest absolute Gasteiger partial charge is 0.168 e. The van der Waals surface area contributed by atoms with Crippen molar-refractivity contribution in [3.63, 3.8) is 0 Å². The van der Waals surface area contributed by atoms with E-state index in [0.717, 1.165) is 16.7 Å². The lowest BCUT2D eigenvalue weighted by Gasteiger charge is -2.46. The predicted molar refractivity (Wildman–Crippen MR) is 180 cm³/mol. The Morgan fingerprint density at radius 1 is 0.650 bits per heavy atom. The molecule has 0 spiro atoms. The summed E-state index contributed by atoms with van der Waals surface area (Å²) in [4.78, 5) is -6.09. The summed E-state index contributed by atoms with van der Waals surface area (Å²) in [6.45, 7) is 8.31. The minimum Gasteiger partial charge on any atom is -0.120 e. The first-order chi connectivity index (χ1) is 18.0. The minimum absolute atomic E-state index is 0.0662. The van der Waals surface area contributed by atoms with E-state index in [4.69, 9.17) is 162 Å². The summed E-state index contributed by atoms with van der Waals surface area (Å²) < 4.78 is -3.48. The molecule has 5 aliphatic carbocycles. The van der Waals surface area contributed by atoms with Crippen molar-refractivity contribution in [3.05, 3.63) is 42.9 Å². The van der Waals surface area contributed by atoms with E-state index in [0.29, 0.717) is 12.8 Å². The third-order valence-electron chi connectivity index (χ3n) is 10.2. The lowest BCUT2D eigenvalue weighted by molar-refractivity contribution is 0.213. The van der Waals surface area contributed by atoms with E-state index in [1.54, 1.807) is 0 Å². The molecule has 224 valence electrons. The Morgan fingerprint density at radius 2 is 1.02 bits per heavy atom. The summed E-state index contributed by atoms with van der Waals surface area (Å²) in [5, 5.41) is -1.25. The molecule has 0 amide bonds. The van der Waals surface area contributed by atoms with Crippen LogP contribution in [0.4, 0.5) is 0 Å². The fourth-order valence-electron chi connectivity index (χ4n) is 7.53. The van der Waals surface area contributed by atoms with Gasteiger partial charge in [0.15, 0.2) is 8.67 Å². The Labute approximate surface area is 304 Å². The number of hydrogen-bond donors (Lipinski definition) is 0. The van der Waals surface area contributed by atoms with Crippen LogP contribution in [0.15, 0.2) is 42.9 Å². The van der Waals surface area contributed by atoms with E-state index in [-0.39, 0.29) is 26.0 Å². The SMILES string of the molecule is CC1=CC(C)(CC2C(Cl)C3(Cl)C(Cl)=C(Cl)C2(Cl)C3(Cl)Cl)C(C)C(CC2C(Cl)C3(Cl)C(Cl)=C(Cl)C2(Cl)C3(Cl)Cl)=C1C. The van der Waals surface area contributed by atoms with Gasteiger partial charge in [0.2, 0.25) is 0 Å². The Kier molecular flexibility index (Phi) is 8.60. The molecule has 0 aromatic carbocycles. The van der Waals surface area contributed by atoms with Crippen LogP contribution in [0.2, 0.25) is 0 Å². The molecular formula is C26H22Cl14. The summed E-state index contributed by atoms with van der Waals surface area (Å²) in [5.74, 6) is -1.14. The zero-order chi connectivity index (χ0) is 30.5. The third kappa shape index (κ3) is 3.60. The second-order valence-corrected chi connectivity index (χ2v) is 19.4. The van der Waals surface area contributed by atoms with Crippen LogP contribution in [0.1, 0.15) is 40.5 Å². The van der Waals surface area contributed by atoms with Crippen LogP contribution in [0.5, 0.6) is 0 Å². The molecule has 0 heterocycles. The van der Waals surface area contributed by atoms with E-state index in [2.05, 4.69) is 19.9 Å². The number of halogens is 14. The Hall–Kier alpha value is 3.02. The highest BCUT2D eigenvalue weighted by molar-refractivity contribution is 6.68. The molecule has 4 bridgehead atoms. The topological polar surface area (TPSA) is 0 Å². The summed E-state index contributed by atoms with van der Waals surface area (Å²) in [7, 11) is 0. The van der Waals surface area contributed by atoms with Gasteiger partial charge < -0.3 is 0 Å². The van der Waals surface area contributed by atoms with Gasteiger partial charge in [0.1, 0.15) is 19.5 Å². The molecule has 2 saturated carbocycles. The molecule has 5 aliphatic rings. The smallest absolute Gasteiger partial charge is 0.120 e. The molecule has 10 unspecified atom stereocenters. The second-order valence-electron chi connectivity index (χ2n) is 11.9. The van der Waals surface area contributed by atoms with E-state index >= 15 is 0 Å². The Balaban J connectivity index is 1.53. The van der Waals surface area contributed by atoms with Crippen LogP contribution in [-0.4, -0.2) is 38.9 Å². The van der Waals surface area contributed by atoms with Crippen molar-refractivity contribution in [1.82, 2.24) is 0 Å². The van der Waals surface area contributed by atoms with Gasteiger partial charge in [-0.1, -0.05) is 124 Å². The van der Waals surface area contributed by atoms with Crippen molar-refractivity contribution in [3.8, 4) is 0 Å². The van der Waals surface area contributed by atoms with Crippen LogP contribution in [0.3, 0.4) is 0 Å². The summed E-state index contributed by atoms with van der Waals surface area (Å²) >= 11 is 95.5. The lowest BCUT2D eigenvalue weighted by Crippen LogP contribution is -2.46. The molecule has 0 aromatic heterocycles. The maximum Gasteiger partial charge on any atom is 0.168 e. The van der Waals surface area contributed by atoms with Crippen LogP contribution in [-0.2, 0) is 0 Å². The van der Waals surface area contributed by atoms with E-state index in [9.17, 15) is 0 Å². The number of fused-ring (bicyclic) bond motifs is 4. The molecule has 10 atom stereocenters. The van der Waals surface area contributed by atoms with Crippen molar-refractivity contribution in [1.29, 1.82) is 0 Å². The first kappa shape index (κ1) is 34.4. The van der Waals surface area contributed by atoms with Gasteiger partial charge in [-0.25, -0.2) is 0 Å². The van der Waals surface area contributed by atoms with Crippen LogP contribution in [0.25, 0.3) is 0 Å². The number of allylic oxidation sites excluding steroid dienone is 8. The first-order valence-corrected chi connectivity index (χ1v) is 17.7. The van der Waals surface area contributed by atoms with Gasteiger partial charge in [-0.3, -0.25) is 0 Å².